The first-order chi connectivity index (χ1) is 9.56. The van der Waals surface area contributed by atoms with E-state index >= 15 is 0 Å². The van der Waals surface area contributed by atoms with Crippen LogP contribution in [0.15, 0.2) is 41.0 Å². The zero-order chi connectivity index (χ0) is 14.3. The summed E-state index contributed by atoms with van der Waals surface area (Å²) in [5.41, 5.74) is 2.95. The van der Waals surface area contributed by atoms with Gasteiger partial charge >= 0.3 is 5.97 Å². The van der Waals surface area contributed by atoms with Gasteiger partial charge in [0.2, 0.25) is 0 Å². The molecule has 0 aliphatic heterocycles. The summed E-state index contributed by atoms with van der Waals surface area (Å²) < 4.78 is 2.50. The number of aromatic nitrogens is 3. The first kappa shape index (κ1) is 12.8. The summed E-state index contributed by atoms with van der Waals surface area (Å²) in [7, 11) is 0. The molecule has 0 atom stereocenters. The van der Waals surface area contributed by atoms with Crippen molar-refractivity contribution in [2.75, 3.05) is 0 Å². The van der Waals surface area contributed by atoms with Gasteiger partial charge < -0.3 is 5.11 Å². The third-order valence-corrected chi connectivity index (χ3v) is 3.44. The monoisotopic (exact) mass is 331 g/mol. The Bertz CT molecular complexity index is 826. The van der Waals surface area contributed by atoms with Crippen LogP contribution in [0.3, 0.4) is 0 Å². The summed E-state index contributed by atoms with van der Waals surface area (Å²) in [6.45, 7) is 1.83. The molecule has 3 aromatic rings. The molecular formula is C14H10BrN3O2. The molecule has 0 saturated heterocycles. The lowest BCUT2D eigenvalue weighted by Crippen LogP contribution is -2.01. The quantitative estimate of drug-likeness (QED) is 0.783. The van der Waals surface area contributed by atoms with Crippen molar-refractivity contribution in [3.63, 3.8) is 0 Å². The molecule has 0 saturated carbocycles. The number of rotatable bonds is 2. The second kappa shape index (κ2) is 4.72. The predicted molar refractivity (Wildman–Crippen MR) is 77.8 cm³/mol. The Kier molecular flexibility index (Phi) is 3.02. The zero-order valence-corrected chi connectivity index (χ0v) is 12.1. The van der Waals surface area contributed by atoms with Crippen LogP contribution in [0.2, 0.25) is 0 Å². The minimum atomic E-state index is -1.03. The molecule has 0 aliphatic carbocycles. The lowest BCUT2D eigenvalue weighted by Gasteiger charge is -2.07. The molecule has 3 rings (SSSR count). The van der Waals surface area contributed by atoms with Crippen LogP contribution in [0.1, 0.15) is 16.1 Å². The average Bonchev–Trinajstić information content (AvgIpc) is 2.81. The molecular weight excluding hydrogens is 322 g/mol. The third kappa shape index (κ3) is 2.08. The molecule has 0 amide bonds. The van der Waals surface area contributed by atoms with E-state index in [0.717, 1.165) is 21.4 Å². The van der Waals surface area contributed by atoms with Crippen molar-refractivity contribution in [1.29, 1.82) is 0 Å². The van der Waals surface area contributed by atoms with Gasteiger partial charge in [0, 0.05) is 15.7 Å². The molecule has 5 nitrogen and oxygen atoms in total. The van der Waals surface area contributed by atoms with Crippen molar-refractivity contribution < 1.29 is 9.90 Å². The third-order valence-electron chi connectivity index (χ3n) is 2.95. The molecule has 1 N–H and O–H groups in total. The highest BCUT2D eigenvalue weighted by Gasteiger charge is 2.16. The summed E-state index contributed by atoms with van der Waals surface area (Å²) in [6.07, 6.45) is 1.32. The van der Waals surface area contributed by atoms with E-state index in [2.05, 4.69) is 26.0 Å². The summed E-state index contributed by atoms with van der Waals surface area (Å²) in [5, 5.41) is 13.3. The number of carboxylic acids is 1. The van der Waals surface area contributed by atoms with Gasteiger partial charge in [-0.1, -0.05) is 28.1 Å². The number of halogens is 1. The molecule has 2 aromatic heterocycles. The Morgan fingerprint density at radius 2 is 2.15 bits per heavy atom. The molecule has 2 heterocycles. The smallest absolute Gasteiger partial charge is 0.341 e. The topological polar surface area (TPSA) is 67.5 Å². The number of benzene rings is 1. The lowest BCUT2D eigenvalue weighted by atomic mass is 10.1. The van der Waals surface area contributed by atoms with Gasteiger partial charge in [-0.15, -0.1) is 0 Å². The minimum Gasteiger partial charge on any atom is -0.477 e. The fourth-order valence-electron chi connectivity index (χ4n) is 2.09. The van der Waals surface area contributed by atoms with Crippen molar-refractivity contribution in [3.05, 3.63) is 52.3 Å². The maximum Gasteiger partial charge on any atom is 0.341 e. The van der Waals surface area contributed by atoms with Crippen LogP contribution in [-0.2, 0) is 0 Å². The van der Waals surface area contributed by atoms with E-state index in [-0.39, 0.29) is 5.56 Å². The van der Waals surface area contributed by atoms with Crippen molar-refractivity contribution in [3.8, 4) is 11.3 Å². The SMILES string of the molecule is Cc1cc(-c2cccc(Br)c2)n2ncc(C(=O)O)c2n1. The first-order valence-corrected chi connectivity index (χ1v) is 6.70. The zero-order valence-electron chi connectivity index (χ0n) is 10.5. The Morgan fingerprint density at radius 1 is 1.35 bits per heavy atom. The molecule has 0 aliphatic rings. The number of hydrogen-bond donors (Lipinski definition) is 1. The molecule has 0 unspecified atom stereocenters. The maximum absolute atomic E-state index is 11.2. The van der Waals surface area contributed by atoms with E-state index in [1.807, 2.05) is 37.3 Å². The van der Waals surface area contributed by atoms with Crippen molar-refractivity contribution in [2.24, 2.45) is 0 Å². The van der Waals surface area contributed by atoms with Gasteiger partial charge in [-0.3, -0.25) is 0 Å². The lowest BCUT2D eigenvalue weighted by molar-refractivity contribution is 0.0699. The molecule has 0 bridgehead atoms. The molecule has 0 radical (unpaired) electrons. The summed E-state index contributed by atoms with van der Waals surface area (Å²) in [4.78, 5) is 15.5. The fraction of sp³-hybridized carbons (Fsp3) is 0.0714. The highest BCUT2D eigenvalue weighted by atomic mass is 79.9. The van der Waals surface area contributed by atoms with E-state index < -0.39 is 5.97 Å². The average molecular weight is 332 g/mol. The Hall–Kier alpha value is -2.21. The van der Waals surface area contributed by atoms with E-state index in [1.165, 1.54) is 6.20 Å². The van der Waals surface area contributed by atoms with Crippen LogP contribution < -0.4 is 0 Å². The summed E-state index contributed by atoms with van der Waals surface area (Å²) in [5.74, 6) is -1.03. The van der Waals surface area contributed by atoms with E-state index in [1.54, 1.807) is 4.52 Å². The van der Waals surface area contributed by atoms with Crippen molar-refractivity contribution in [2.45, 2.75) is 6.92 Å². The molecule has 1 aromatic carbocycles. The number of carbonyl (C=O) groups is 1. The molecule has 100 valence electrons. The molecule has 20 heavy (non-hydrogen) atoms. The second-order valence-electron chi connectivity index (χ2n) is 4.39. The number of aryl methyl sites for hydroxylation is 1. The van der Waals surface area contributed by atoms with Crippen LogP contribution in [0.4, 0.5) is 0 Å². The van der Waals surface area contributed by atoms with Gasteiger partial charge in [-0.05, 0) is 25.1 Å². The Labute approximate surface area is 123 Å². The van der Waals surface area contributed by atoms with Gasteiger partial charge in [0.15, 0.2) is 5.65 Å². The van der Waals surface area contributed by atoms with E-state index in [0.29, 0.717) is 5.65 Å². The Balaban J connectivity index is 2.34. The van der Waals surface area contributed by atoms with Gasteiger partial charge in [-0.2, -0.15) is 5.10 Å². The fourth-order valence-corrected chi connectivity index (χ4v) is 2.49. The normalized spacial score (nSPS) is 10.9. The predicted octanol–water partition coefficient (Wildman–Crippen LogP) is 3.17. The standard InChI is InChI=1S/C14H10BrN3O2/c1-8-5-12(9-3-2-4-10(15)6-9)18-13(17-8)11(7-16-18)14(19)20/h2-7H,1H3,(H,19,20). The largest absolute Gasteiger partial charge is 0.477 e. The maximum atomic E-state index is 11.2. The highest BCUT2D eigenvalue weighted by molar-refractivity contribution is 9.10. The van der Waals surface area contributed by atoms with Crippen LogP contribution in [-0.4, -0.2) is 25.7 Å². The van der Waals surface area contributed by atoms with Crippen LogP contribution in [0.5, 0.6) is 0 Å². The molecule has 0 spiro atoms. The Morgan fingerprint density at radius 3 is 2.85 bits per heavy atom. The van der Waals surface area contributed by atoms with Gasteiger partial charge in [-0.25, -0.2) is 14.3 Å². The molecule has 6 heteroatoms. The number of aromatic carboxylic acids is 1. The minimum absolute atomic E-state index is 0.102. The van der Waals surface area contributed by atoms with Crippen LogP contribution >= 0.6 is 15.9 Å². The van der Waals surface area contributed by atoms with Crippen molar-refractivity contribution in [1.82, 2.24) is 14.6 Å². The summed E-state index contributed by atoms with van der Waals surface area (Å²) >= 11 is 3.43. The highest BCUT2D eigenvalue weighted by Crippen LogP contribution is 2.25. The molecule has 0 fully saturated rings. The van der Waals surface area contributed by atoms with Crippen molar-refractivity contribution >= 4 is 27.5 Å². The van der Waals surface area contributed by atoms with Gasteiger partial charge in [0.1, 0.15) is 5.56 Å². The van der Waals surface area contributed by atoms with E-state index in [4.69, 9.17) is 5.11 Å². The van der Waals surface area contributed by atoms with Gasteiger partial charge in [0.05, 0.1) is 11.9 Å². The number of hydrogen-bond acceptors (Lipinski definition) is 3. The number of nitrogens with zero attached hydrogens (tertiary/aromatic N) is 3. The first-order valence-electron chi connectivity index (χ1n) is 5.91. The van der Waals surface area contributed by atoms with E-state index in [9.17, 15) is 4.79 Å². The number of carboxylic acid groups (broad SMARTS) is 1. The summed E-state index contributed by atoms with van der Waals surface area (Å²) in [6, 6.07) is 9.63. The second-order valence-corrected chi connectivity index (χ2v) is 5.31. The van der Waals surface area contributed by atoms with Crippen LogP contribution in [0, 0.1) is 6.92 Å². The van der Waals surface area contributed by atoms with Crippen LogP contribution in [0.25, 0.3) is 16.9 Å². The number of fused-ring (bicyclic) bond motifs is 1. The van der Waals surface area contributed by atoms with Gasteiger partial charge in [0.25, 0.3) is 0 Å².